The number of nitriles is 1. The molecule has 0 aromatic heterocycles. The number of carbonyl (C=O) groups is 1. The lowest BCUT2D eigenvalue weighted by molar-refractivity contribution is -0.135. The van der Waals surface area contributed by atoms with Gasteiger partial charge in [-0.2, -0.15) is 5.26 Å². The lowest BCUT2D eigenvalue weighted by Gasteiger charge is -2.30. The van der Waals surface area contributed by atoms with Gasteiger partial charge >= 0.3 is 0 Å². The van der Waals surface area contributed by atoms with Crippen molar-refractivity contribution in [2.24, 2.45) is 0 Å². The molecule has 1 amide bonds. The Morgan fingerprint density at radius 3 is 2.44 bits per heavy atom. The molecular formula is C15H20N2O. The molecule has 0 saturated carbocycles. The zero-order valence-corrected chi connectivity index (χ0v) is 11.3. The summed E-state index contributed by atoms with van der Waals surface area (Å²) in [5.74, 6) is 0.0112. The number of carbonyl (C=O) groups excluding carboxylic acids is 1. The van der Waals surface area contributed by atoms with Crippen molar-refractivity contribution in [1.29, 1.82) is 5.26 Å². The van der Waals surface area contributed by atoms with E-state index in [1.165, 1.54) is 0 Å². The lowest BCUT2D eigenvalue weighted by atomic mass is 9.83. The number of amides is 1. The first-order valence-corrected chi connectivity index (χ1v) is 6.26. The molecule has 1 aromatic rings. The minimum Gasteiger partial charge on any atom is -0.329 e. The van der Waals surface area contributed by atoms with E-state index < -0.39 is 5.41 Å². The Morgan fingerprint density at radius 2 is 1.94 bits per heavy atom. The minimum atomic E-state index is -0.590. The molecule has 0 N–H and O–H groups in total. The second-order valence-electron chi connectivity index (χ2n) is 4.88. The number of hydrogen-bond donors (Lipinski definition) is 0. The van der Waals surface area contributed by atoms with E-state index in [0.29, 0.717) is 6.54 Å². The van der Waals surface area contributed by atoms with Crippen LogP contribution < -0.4 is 0 Å². The molecule has 0 aliphatic carbocycles. The van der Waals surface area contributed by atoms with Gasteiger partial charge in [0.15, 0.2) is 0 Å². The maximum atomic E-state index is 12.5. The monoisotopic (exact) mass is 244 g/mol. The smallest absolute Gasteiger partial charge is 0.233 e. The molecule has 0 aliphatic heterocycles. The van der Waals surface area contributed by atoms with Crippen LogP contribution in [0.3, 0.4) is 0 Å². The molecule has 0 fully saturated rings. The molecule has 0 unspecified atom stereocenters. The molecule has 0 atom stereocenters. The Bertz CT molecular complexity index is 432. The summed E-state index contributed by atoms with van der Waals surface area (Å²) >= 11 is 0. The van der Waals surface area contributed by atoms with Crippen LogP contribution in [0.4, 0.5) is 0 Å². The molecule has 18 heavy (non-hydrogen) atoms. The summed E-state index contributed by atoms with van der Waals surface area (Å²) in [6, 6.07) is 11.8. The third-order valence-corrected chi connectivity index (χ3v) is 3.07. The van der Waals surface area contributed by atoms with E-state index in [-0.39, 0.29) is 12.5 Å². The molecule has 0 heterocycles. The third kappa shape index (κ3) is 3.10. The predicted octanol–water partition coefficient (Wildman–Crippen LogP) is 2.73. The van der Waals surface area contributed by atoms with Crippen LogP contribution in [-0.2, 0) is 10.2 Å². The van der Waals surface area contributed by atoms with Crippen molar-refractivity contribution in [2.45, 2.75) is 32.6 Å². The van der Waals surface area contributed by atoms with Crippen LogP contribution in [-0.4, -0.2) is 23.9 Å². The van der Waals surface area contributed by atoms with Crippen LogP contribution >= 0.6 is 0 Å². The van der Waals surface area contributed by atoms with Gasteiger partial charge in [-0.3, -0.25) is 4.79 Å². The Hall–Kier alpha value is -1.82. The van der Waals surface area contributed by atoms with E-state index in [9.17, 15) is 4.79 Å². The summed E-state index contributed by atoms with van der Waals surface area (Å²) in [4.78, 5) is 14.2. The first-order valence-electron chi connectivity index (χ1n) is 6.26. The molecule has 0 radical (unpaired) electrons. The first-order chi connectivity index (χ1) is 8.54. The second-order valence-corrected chi connectivity index (χ2v) is 4.88. The summed E-state index contributed by atoms with van der Waals surface area (Å²) in [7, 11) is 0. The number of hydrogen-bond acceptors (Lipinski definition) is 2. The highest BCUT2D eigenvalue weighted by Crippen LogP contribution is 2.25. The van der Waals surface area contributed by atoms with E-state index in [0.717, 1.165) is 12.0 Å². The van der Waals surface area contributed by atoms with Crippen molar-refractivity contribution >= 4 is 5.91 Å². The van der Waals surface area contributed by atoms with Crippen LogP contribution in [0.25, 0.3) is 0 Å². The molecule has 0 bridgehead atoms. The Labute approximate surface area is 109 Å². The van der Waals surface area contributed by atoms with E-state index >= 15 is 0 Å². The molecule has 0 spiro atoms. The van der Waals surface area contributed by atoms with Crippen LogP contribution in [0.15, 0.2) is 30.3 Å². The number of nitrogens with zero attached hydrogens (tertiary/aromatic N) is 2. The fraction of sp³-hybridized carbons (Fsp3) is 0.467. The van der Waals surface area contributed by atoms with Gasteiger partial charge < -0.3 is 4.90 Å². The van der Waals surface area contributed by atoms with E-state index in [1.54, 1.807) is 4.90 Å². The Morgan fingerprint density at radius 1 is 1.33 bits per heavy atom. The molecular weight excluding hydrogens is 224 g/mol. The first kappa shape index (κ1) is 14.2. The molecule has 0 aliphatic rings. The standard InChI is InChI=1S/C15H20N2O/c1-4-11-17(12-10-16)14(18)15(2,3)13-8-6-5-7-9-13/h5-9H,4,11-12H2,1-3H3. The van der Waals surface area contributed by atoms with Crippen molar-refractivity contribution in [1.82, 2.24) is 4.90 Å². The molecule has 96 valence electrons. The molecule has 1 aromatic carbocycles. The zero-order chi connectivity index (χ0) is 13.6. The average Bonchev–Trinajstić information content (AvgIpc) is 2.38. The summed E-state index contributed by atoms with van der Waals surface area (Å²) in [5, 5.41) is 8.80. The van der Waals surface area contributed by atoms with E-state index in [4.69, 9.17) is 5.26 Å². The van der Waals surface area contributed by atoms with Crippen molar-refractivity contribution in [3.8, 4) is 6.07 Å². The summed E-state index contributed by atoms with van der Waals surface area (Å²) < 4.78 is 0. The van der Waals surface area contributed by atoms with Gasteiger partial charge in [-0.05, 0) is 25.8 Å². The fourth-order valence-corrected chi connectivity index (χ4v) is 1.98. The molecule has 0 saturated heterocycles. The highest BCUT2D eigenvalue weighted by molar-refractivity contribution is 5.87. The van der Waals surface area contributed by atoms with Crippen molar-refractivity contribution in [3.05, 3.63) is 35.9 Å². The van der Waals surface area contributed by atoms with Crippen molar-refractivity contribution in [3.63, 3.8) is 0 Å². The highest BCUT2D eigenvalue weighted by atomic mass is 16.2. The summed E-state index contributed by atoms with van der Waals surface area (Å²) in [6.45, 7) is 6.61. The van der Waals surface area contributed by atoms with Gasteiger partial charge in [0, 0.05) is 6.54 Å². The van der Waals surface area contributed by atoms with Gasteiger partial charge in [0.05, 0.1) is 11.5 Å². The van der Waals surface area contributed by atoms with Gasteiger partial charge in [0.1, 0.15) is 6.54 Å². The van der Waals surface area contributed by atoms with Gasteiger partial charge in [0.25, 0.3) is 0 Å². The van der Waals surface area contributed by atoms with Crippen LogP contribution in [0.1, 0.15) is 32.8 Å². The summed E-state index contributed by atoms with van der Waals surface area (Å²) in [5.41, 5.74) is 0.391. The topological polar surface area (TPSA) is 44.1 Å². The van der Waals surface area contributed by atoms with Gasteiger partial charge in [-0.25, -0.2) is 0 Å². The van der Waals surface area contributed by atoms with E-state index in [1.807, 2.05) is 51.1 Å². The number of rotatable bonds is 5. The lowest BCUT2D eigenvalue weighted by Crippen LogP contribution is -2.44. The summed E-state index contributed by atoms with van der Waals surface area (Å²) in [6.07, 6.45) is 0.859. The number of benzene rings is 1. The average molecular weight is 244 g/mol. The van der Waals surface area contributed by atoms with Crippen LogP contribution in [0.5, 0.6) is 0 Å². The highest BCUT2D eigenvalue weighted by Gasteiger charge is 2.33. The van der Waals surface area contributed by atoms with Crippen LogP contribution in [0.2, 0.25) is 0 Å². The van der Waals surface area contributed by atoms with Gasteiger partial charge in [-0.1, -0.05) is 37.3 Å². The third-order valence-electron chi connectivity index (χ3n) is 3.07. The molecule has 3 heteroatoms. The normalized spacial score (nSPS) is 10.8. The quantitative estimate of drug-likeness (QED) is 0.747. The second kappa shape index (κ2) is 6.20. The fourth-order valence-electron chi connectivity index (χ4n) is 1.98. The molecule has 3 nitrogen and oxygen atoms in total. The van der Waals surface area contributed by atoms with E-state index in [2.05, 4.69) is 6.07 Å². The van der Waals surface area contributed by atoms with Crippen molar-refractivity contribution < 1.29 is 4.79 Å². The molecule has 1 rings (SSSR count). The maximum absolute atomic E-state index is 12.5. The largest absolute Gasteiger partial charge is 0.329 e. The van der Waals surface area contributed by atoms with Gasteiger partial charge in [-0.15, -0.1) is 0 Å². The predicted molar refractivity (Wildman–Crippen MR) is 72.0 cm³/mol. The Balaban J connectivity index is 2.96. The maximum Gasteiger partial charge on any atom is 0.233 e. The van der Waals surface area contributed by atoms with Crippen LogP contribution in [0, 0.1) is 11.3 Å². The SMILES string of the molecule is CCCN(CC#N)C(=O)C(C)(C)c1ccccc1. The zero-order valence-electron chi connectivity index (χ0n) is 11.3. The Kier molecular flexibility index (Phi) is 4.91. The van der Waals surface area contributed by atoms with Gasteiger partial charge in [0.2, 0.25) is 5.91 Å². The van der Waals surface area contributed by atoms with Crippen molar-refractivity contribution in [2.75, 3.05) is 13.1 Å². The minimum absolute atomic E-state index is 0.0112.